The highest BCUT2D eigenvalue weighted by molar-refractivity contribution is 6.32. The molecule has 1 aromatic carbocycles. The molecule has 0 aliphatic heterocycles. The van der Waals surface area contributed by atoms with Crippen LogP contribution in [0.25, 0.3) is 0 Å². The van der Waals surface area contributed by atoms with Crippen LogP contribution in [0.15, 0.2) is 30.5 Å². The van der Waals surface area contributed by atoms with Gasteiger partial charge in [-0.15, -0.1) is 0 Å². The predicted octanol–water partition coefficient (Wildman–Crippen LogP) is 4.26. The Morgan fingerprint density at radius 1 is 1.15 bits per heavy atom. The maximum Gasteiger partial charge on any atom is 0.224 e. The average molecular weight is 291 g/mol. The molecule has 0 radical (unpaired) electrons. The Morgan fingerprint density at radius 3 is 2.55 bits per heavy atom. The highest BCUT2D eigenvalue weighted by atomic mass is 35.5. The molecule has 0 spiro atoms. The minimum atomic E-state index is 0.506. The van der Waals surface area contributed by atoms with E-state index in [4.69, 9.17) is 11.6 Å². The van der Waals surface area contributed by atoms with Crippen molar-refractivity contribution in [1.82, 2.24) is 9.97 Å². The summed E-state index contributed by atoms with van der Waals surface area (Å²) < 4.78 is 0. The lowest BCUT2D eigenvalue weighted by atomic mass is 10.1. The number of hydrogen-bond acceptors (Lipinski definition) is 4. The molecule has 2 rings (SSSR count). The molecule has 0 amide bonds. The lowest BCUT2D eigenvalue weighted by Crippen LogP contribution is -2.06. The molecule has 0 bridgehead atoms. The van der Waals surface area contributed by atoms with Crippen molar-refractivity contribution in [3.8, 4) is 0 Å². The molecule has 0 aliphatic carbocycles. The van der Waals surface area contributed by atoms with Gasteiger partial charge in [-0.1, -0.05) is 37.6 Å². The molecule has 0 atom stereocenters. The van der Waals surface area contributed by atoms with E-state index in [-0.39, 0.29) is 0 Å². The number of aryl methyl sites for hydroxylation is 1. The second kappa shape index (κ2) is 7.10. The second-order valence-electron chi connectivity index (χ2n) is 4.49. The van der Waals surface area contributed by atoms with Gasteiger partial charge in [-0.3, -0.25) is 0 Å². The van der Waals surface area contributed by atoms with E-state index in [1.807, 2.05) is 12.1 Å². The van der Waals surface area contributed by atoms with Crippen LogP contribution in [0.4, 0.5) is 17.5 Å². The van der Waals surface area contributed by atoms with Crippen LogP contribution in [0.2, 0.25) is 5.02 Å². The molecule has 0 fully saturated rings. The van der Waals surface area contributed by atoms with Crippen LogP contribution in [0.3, 0.4) is 0 Å². The summed E-state index contributed by atoms with van der Waals surface area (Å²) >= 11 is 6.12. The van der Waals surface area contributed by atoms with E-state index in [9.17, 15) is 0 Å². The lowest BCUT2D eigenvalue weighted by Gasteiger charge is -2.10. The zero-order valence-electron chi connectivity index (χ0n) is 11.8. The van der Waals surface area contributed by atoms with Crippen molar-refractivity contribution >= 4 is 29.1 Å². The van der Waals surface area contributed by atoms with Crippen molar-refractivity contribution in [1.29, 1.82) is 0 Å². The van der Waals surface area contributed by atoms with Crippen LogP contribution >= 0.6 is 11.6 Å². The fourth-order valence-electron chi connectivity index (χ4n) is 1.74. The number of benzene rings is 1. The molecule has 106 valence electrons. The van der Waals surface area contributed by atoms with E-state index < -0.39 is 0 Å². The van der Waals surface area contributed by atoms with Crippen LogP contribution in [-0.4, -0.2) is 16.5 Å². The maximum absolute atomic E-state index is 6.12. The van der Waals surface area contributed by atoms with Crippen molar-refractivity contribution in [2.24, 2.45) is 0 Å². The van der Waals surface area contributed by atoms with Crippen molar-refractivity contribution in [2.45, 2.75) is 26.7 Å². The molecule has 0 unspecified atom stereocenters. The standard InChI is InChI=1S/C15H19ClN4/c1-3-9-17-15-18-10-13(16)14(20-15)19-12-7-5-11(4-2)6-8-12/h5-8,10H,3-4,9H2,1-2H3,(H2,17,18,19,20). The Morgan fingerprint density at radius 2 is 1.90 bits per heavy atom. The molecule has 20 heavy (non-hydrogen) atoms. The molecule has 4 nitrogen and oxygen atoms in total. The van der Waals surface area contributed by atoms with E-state index >= 15 is 0 Å². The SMILES string of the molecule is CCCNc1ncc(Cl)c(Nc2ccc(CC)cc2)n1. The van der Waals surface area contributed by atoms with Crippen LogP contribution in [0.5, 0.6) is 0 Å². The lowest BCUT2D eigenvalue weighted by molar-refractivity contribution is 0.953. The molecule has 1 aromatic heterocycles. The fraction of sp³-hybridized carbons (Fsp3) is 0.333. The molecule has 5 heteroatoms. The van der Waals surface area contributed by atoms with Gasteiger partial charge in [-0.2, -0.15) is 4.98 Å². The number of halogens is 1. The molecule has 0 saturated carbocycles. The smallest absolute Gasteiger partial charge is 0.224 e. The number of aromatic nitrogens is 2. The topological polar surface area (TPSA) is 49.8 Å². The Labute approximate surface area is 124 Å². The fourth-order valence-corrected chi connectivity index (χ4v) is 1.88. The van der Waals surface area contributed by atoms with Gasteiger partial charge in [0.1, 0.15) is 5.02 Å². The molecule has 2 N–H and O–H groups in total. The van der Waals surface area contributed by atoms with Gasteiger partial charge in [0.05, 0.1) is 6.20 Å². The van der Waals surface area contributed by atoms with Crippen molar-refractivity contribution in [2.75, 3.05) is 17.2 Å². The maximum atomic E-state index is 6.12. The van der Waals surface area contributed by atoms with Crippen LogP contribution < -0.4 is 10.6 Å². The minimum Gasteiger partial charge on any atom is -0.354 e. The Kier molecular flexibility index (Phi) is 5.18. The molecular weight excluding hydrogens is 272 g/mol. The number of nitrogens with zero attached hydrogens (tertiary/aromatic N) is 2. The van der Waals surface area contributed by atoms with Gasteiger partial charge in [-0.25, -0.2) is 4.98 Å². The van der Waals surface area contributed by atoms with E-state index in [1.54, 1.807) is 6.20 Å². The normalized spacial score (nSPS) is 10.3. The van der Waals surface area contributed by atoms with Gasteiger partial charge >= 0.3 is 0 Å². The third kappa shape index (κ3) is 3.84. The van der Waals surface area contributed by atoms with Gasteiger partial charge in [0.15, 0.2) is 5.82 Å². The van der Waals surface area contributed by atoms with Gasteiger partial charge < -0.3 is 10.6 Å². The van der Waals surface area contributed by atoms with E-state index in [1.165, 1.54) is 5.56 Å². The summed E-state index contributed by atoms with van der Waals surface area (Å²) in [4.78, 5) is 8.53. The molecule has 1 heterocycles. The predicted molar refractivity (Wildman–Crippen MR) is 84.9 cm³/mol. The van der Waals surface area contributed by atoms with Gasteiger partial charge in [-0.05, 0) is 30.5 Å². The Hall–Kier alpha value is -1.81. The van der Waals surface area contributed by atoms with Crippen LogP contribution in [0, 0.1) is 0 Å². The zero-order valence-corrected chi connectivity index (χ0v) is 12.5. The number of nitrogens with one attached hydrogen (secondary N) is 2. The first-order valence-electron chi connectivity index (χ1n) is 6.85. The third-order valence-corrected chi connectivity index (χ3v) is 3.18. The molecular formula is C15H19ClN4. The van der Waals surface area contributed by atoms with Crippen molar-refractivity contribution in [3.05, 3.63) is 41.0 Å². The minimum absolute atomic E-state index is 0.506. The third-order valence-electron chi connectivity index (χ3n) is 2.90. The first-order valence-corrected chi connectivity index (χ1v) is 7.23. The first-order chi connectivity index (χ1) is 9.72. The van der Waals surface area contributed by atoms with Gasteiger partial charge in [0.2, 0.25) is 5.95 Å². The second-order valence-corrected chi connectivity index (χ2v) is 4.90. The summed E-state index contributed by atoms with van der Waals surface area (Å²) in [6, 6.07) is 8.23. The molecule has 2 aromatic rings. The highest BCUT2D eigenvalue weighted by Gasteiger charge is 2.05. The van der Waals surface area contributed by atoms with Gasteiger partial charge in [0, 0.05) is 12.2 Å². The first kappa shape index (κ1) is 14.6. The summed E-state index contributed by atoms with van der Waals surface area (Å²) in [5, 5.41) is 6.87. The molecule has 0 saturated heterocycles. The Balaban J connectivity index is 2.14. The van der Waals surface area contributed by atoms with Crippen LogP contribution in [0.1, 0.15) is 25.8 Å². The highest BCUT2D eigenvalue weighted by Crippen LogP contribution is 2.23. The molecule has 0 aliphatic rings. The number of hydrogen-bond donors (Lipinski definition) is 2. The zero-order chi connectivity index (χ0) is 14.4. The number of rotatable bonds is 6. The van der Waals surface area contributed by atoms with Crippen molar-refractivity contribution < 1.29 is 0 Å². The summed E-state index contributed by atoms with van der Waals surface area (Å²) in [5.74, 6) is 1.20. The quantitative estimate of drug-likeness (QED) is 0.835. The monoisotopic (exact) mass is 290 g/mol. The Bertz CT molecular complexity index is 554. The summed E-state index contributed by atoms with van der Waals surface area (Å²) in [6.45, 7) is 5.07. The van der Waals surface area contributed by atoms with E-state index in [0.717, 1.165) is 25.1 Å². The van der Waals surface area contributed by atoms with E-state index in [2.05, 4.69) is 46.6 Å². The van der Waals surface area contributed by atoms with Gasteiger partial charge in [0.25, 0.3) is 0 Å². The van der Waals surface area contributed by atoms with Crippen LogP contribution in [-0.2, 0) is 6.42 Å². The summed E-state index contributed by atoms with van der Waals surface area (Å²) in [6.07, 6.45) is 3.65. The largest absolute Gasteiger partial charge is 0.354 e. The summed E-state index contributed by atoms with van der Waals surface area (Å²) in [7, 11) is 0. The van der Waals surface area contributed by atoms with E-state index in [0.29, 0.717) is 16.8 Å². The number of anilines is 3. The average Bonchev–Trinajstić information content (AvgIpc) is 2.49. The summed E-state index contributed by atoms with van der Waals surface area (Å²) in [5.41, 5.74) is 2.26. The van der Waals surface area contributed by atoms with Crippen molar-refractivity contribution in [3.63, 3.8) is 0 Å².